The molecule has 4 aromatic carbocycles. The molecule has 1 amide bonds. The van der Waals surface area contributed by atoms with E-state index in [1.165, 1.54) is 12.1 Å². The summed E-state index contributed by atoms with van der Waals surface area (Å²) in [5.74, 6) is -0.523. The molecule has 2 unspecified atom stereocenters. The van der Waals surface area contributed by atoms with Crippen LogP contribution in [-0.4, -0.2) is 41.8 Å². The first-order chi connectivity index (χ1) is 19.5. The van der Waals surface area contributed by atoms with E-state index in [1.54, 1.807) is 0 Å². The number of nitrogens with zero attached hydrogens (tertiary/aromatic N) is 1. The second-order valence-corrected chi connectivity index (χ2v) is 10.4. The van der Waals surface area contributed by atoms with Crippen molar-refractivity contribution in [2.24, 2.45) is 0 Å². The molecule has 0 aliphatic carbocycles. The lowest BCUT2D eigenvalue weighted by Gasteiger charge is -2.36. The third kappa shape index (κ3) is 5.70. The van der Waals surface area contributed by atoms with Crippen LogP contribution in [0.4, 0.5) is 13.6 Å². The first kappa shape index (κ1) is 26.0. The Kier molecular flexibility index (Phi) is 7.47. The molecule has 2 aliphatic rings. The van der Waals surface area contributed by atoms with Crippen molar-refractivity contribution in [3.8, 4) is 5.75 Å². The molecule has 2 fully saturated rings. The maximum absolute atomic E-state index is 14.0. The van der Waals surface area contributed by atoms with Crippen molar-refractivity contribution < 1.29 is 23.0 Å². The van der Waals surface area contributed by atoms with Crippen molar-refractivity contribution in [1.29, 1.82) is 0 Å². The van der Waals surface area contributed by atoms with E-state index in [9.17, 15) is 13.6 Å². The number of amides is 1. The van der Waals surface area contributed by atoms with E-state index in [1.807, 2.05) is 66.7 Å². The SMILES string of the molecule is O=C1N[C@@H](Cc2cc(F)cc(F)c2)[C@@H](C2CC(Oc3ccccc3)CN2C(c2ccccc2)c2ccccc2)O1. The van der Waals surface area contributed by atoms with Crippen molar-refractivity contribution in [3.63, 3.8) is 0 Å². The molecule has 40 heavy (non-hydrogen) atoms. The minimum atomic E-state index is -0.649. The van der Waals surface area contributed by atoms with E-state index < -0.39 is 29.9 Å². The number of ether oxygens (including phenoxy) is 2. The molecule has 4 atom stereocenters. The second kappa shape index (κ2) is 11.5. The molecular formula is C33H30F2N2O3. The van der Waals surface area contributed by atoms with E-state index in [0.717, 1.165) is 22.9 Å². The average Bonchev–Trinajstić information content (AvgIpc) is 3.52. The number of likely N-dealkylation sites (tertiary alicyclic amines) is 1. The summed E-state index contributed by atoms with van der Waals surface area (Å²) < 4.78 is 40.3. The molecule has 2 aliphatic heterocycles. The smallest absolute Gasteiger partial charge is 0.407 e. The summed E-state index contributed by atoms with van der Waals surface area (Å²) in [4.78, 5) is 15.0. The summed E-state index contributed by atoms with van der Waals surface area (Å²) in [5, 5.41) is 2.90. The fraction of sp³-hybridized carbons (Fsp3) is 0.242. The number of alkyl carbamates (subject to hydrolysis) is 1. The van der Waals surface area contributed by atoms with Gasteiger partial charge >= 0.3 is 6.09 Å². The highest BCUT2D eigenvalue weighted by molar-refractivity contribution is 5.70. The number of rotatable bonds is 8. The van der Waals surface area contributed by atoms with Gasteiger partial charge in [-0.3, -0.25) is 4.90 Å². The monoisotopic (exact) mass is 540 g/mol. The van der Waals surface area contributed by atoms with Gasteiger partial charge < -0.3 is 14.8 Å². The predicted octanol–water partition coefficient (Wildman–Crippen LogP) is 6.30. The lowest BCUT2D eigenvalue weighted by atomic mass is 9.92. The number of hydrogen-bond donors (Lipinski definition) is 1. The minimum Gasteiger partial charge on any atom is -0.489 e. The molecule has 6 rings (SSSR count). The maximum Gasteiger partial charge on any atom is 0.407 e. The topological polar surface area (TPSA) is 50.8 Å². The Balaban J connectivity index is 1.37. The Bertz CT molecular complexity index is 1380. The van der Waals surface area contributed by atoms with Crippen LogP contribution in [0, 0.1) is 11.6 Å². The van der Waals surface area contributed by atoms with Gasteiger partial charge in [-0.25, -0.2) is 13.6 Å². The molecule has 2 heterocycles. The lowest BCUT2D eigenvalue weighted by molar-refractivity contribution is 0.0530. The number of para-hydroxylation sites is 1. The van der Waals surface area contributed by atoms with Gasteiger partial charge in [0.15, 0.2) is 0 Å². The van der Waals surface area contributed by atoms with Gasteiger partial charge in [-0.2, -0.15) is 0 Å². The molecule has 0 spiro atoms. The summed E-state index contributed by atoms with van der Waals surface area (Å²) in [6.07, 6.45) is -0.401. The normalized spacial score (nSPS) is 22.7. The third-order valence-corrected chi connectivity index (χ3v) is 7.65. The largest absolute Gasteiger partial charge is 0.489 e. The van der Waals surface area contributed by atoms with Gasteiger partial charge in [-0.15, -0.1) is 0 Å². The number of halogens is 2. The number of nitrogens with one attached hydrogen (secondary N) is 1. The fourth-order valence-electron chi connectivity index (χ4n) is 6.06. The van der Waals surface area contributed by atoms with Gasteiger partial charge in [0, 0.05) is 19.0 Å². The number of carbonyl (C=O) groups is 1. The van der Waals surface area contributed by atoms with Crippen LogP contribution in [0.5, 0.6) is 5.75 Å². The van der Waals surface area contributed by atoms with Gasteiger partial charge in [0.1, 0.15) is 29.6 Å². The highest BCUT2D eigenvalue weighted by Gasteiger charge is 2.49. The molecule has 5 nitrogen and oxygen atoms in total. The van der Waals surface area contributed by atoms with Crippen LogP contribution in [0.25, 0.3) is 0 Å². The molecule has 4 aromatic rings. The van der Waals surface area contributed by atoms with Crippen LogP contribution in [0.3, 0.4) is 0 Å². The summed E-state index contributed by atoms with van der Waals surface area (Å²) in [6.45, 7) is 0.601. The van der Waals surface area contributed by atoms with Crippen molar-refractivity contribution in [2.75, 3.05) is 6.54 Å². The summed E-state index contributed by atoms with van der Waals surface area (Å²) in [6, 6.07) is 32.8. The quantitative estimate of drug-likeness (QED) is 0.285. The highest BCUT2D eigenvalue weighted by atomic mass is 19.1. The van der Waals surface area contributed by atoms with Gasteiger partial charge in [-0.05, 0) is 47.4 Å². The standard InChI is InChI=1S/C33H30F2N2O3/c34-25-16-22(17-26(35)19-25)18-29-32(40-33(38)36-29)30-20-28(39-27-14-8-3-9-15-27)21-37(30)31(23-10-4-1-5-11-23)24-12-6-2-7-13-24/h1-17,19,28-32H,18,20-21H2,(H,36,38)/t28?,29-,30?,32-/m0/s1. The molecule has 2 saturated heterocycles. The van der Waals surface area contributed by atoms with E-state index >= 15 is 0 Å². The van der Waals surface area contributed by atoms with E-state index in [0.29, 0.717) is 18.5 Å². The Morgan fingerprint density at radius 3 is 2.02 bits per heavy atom. The lowest BCUT2D eigenvalue weighted by Crippen LogP contribution is -2.48. The van der Waals surface area contributed by atoms with Crippen LogP contribution >= 0.6 is 0 Å². The van der Waals surface area contributed by atoms with Gasteiger partial charge in [-0.1, -0.05) is 78.9 Å². The van der Waals surface area contributed by atoms with Crippen molar-refractivity contribution in [1.82, 2.24) is 10.2 Å². The van der Waals surface area contributed by atoms with E-state index in [2.05, 4.69) is 34.5 Å². The summed E-state index contributed by atoms with van der Waals surface area (Å²) in [5.41, 5.74) is 2.68. The van der Waals surface area contributed by atoms with Crippen LogP contribution in [0.2, 0.25) is 0 Å². The predicted molar refractivity (Wildman–Crippen MR) is 148 cm³/mol. The zero-order valence-electron chi connectivity index (χ0n) is 21.8. The summed E-state index contributed by atoms with van der Waals surface area (Å²) >= 11 is 0. The molecule has 204 valence electrons. The van der Waals surface area contributed by atoms with Crippen LogP contribution in [0.15, 0.2) is 109 Å². The second-order valence-electron chi connectivity index (χ2n) is 10.4. The number of cyclic esters (lactones) is 1. The van der Waals surface area contributed by atoms with Crippen LogP contribution < -0.4 is 10.1 Å². The molecule has 7 heteroatoms. The minimum absolute atomic E-state index is 0.122. The van der Waals surface area contributed by atoms with Crippen LogP contribution in [-0.2, 0) is 11.2 Å². The molecule has 0 bridgehead atoms. The average molecular weight is 541 g/mol. The Morgan fingerprint density at radius 1 is 0.850 bits per heavy atom. The Morgan fingerprint density at radius 2 is 1.43 bits per heavy atom. The first-order valence-corrected chi connectivity index (χ1v) is 13.5. The maximum atomic E-state index is 14.0. The molecule has 0 radical (unpaired) electrons. The molecule has 0 saturated carbocycles. The zero-order chi connectivity index (χ0) is 27.5. The van der Waals surface area contributed by atoms with Crippen molar-refractivity contribution >= 4 is 6.09 Å². The number of hydrogen-bond acceptors (Lipinski definition) is 4. The van der Waals surface area contributed by atoms with E-state index in [4.69, 9.17) is 9.47 Å². The number of benzene rings is 4. The fourth-order valence-corrected chi connectivity index (χ4v) is 6.06. The van der Waals surface area contributed by atoms with E-state index in [-0.39, 0.29) is 24.6 Å². The van der Waals surface area contributed by atoms with Crippen molar-refractivity contribution in [3.05, 3.63) is 138 Å². The zero-order valence-corrected chi connectivity index (χ0v) is 21.8. The first-order valence-electron chi connectivity index (χ1n) is 13.5. The third-order valence-electron chi connectivity index (χ3n) is 7.65. The van der Waals surface area contributed by atoms with Crippen molar-refractivity contribution in [2.45, 2.75) is 43.2 Å². The Hall–Kier alpha value is -4.23. The van der Waals surface area contributed by atoms with Gasteiger partial charge in [0.2, 0.25) is 0 Å². The number of carbonyl (C=O) groups excluding carboxylic acids is 1. The molecule has 0 aromatic heterocycles. The Labute approximate surface area is 232 Å². The summed E-state index contributed by atoms with van der Waals surface area (Å²) in [7, 11) is 0. The molecule has 1 N–H and O–H groups in total. The van der Waals surface area contributed by atoms with Crippen LogP contribution in [0.1, 0.15) is 29.2 Å². The highest BCUT2D eigenvalue weighted by Crippen LogP contribution is 2.39. The van der Waals surface area contributed by atoms with Gasteiger partial charge in [0.05, 0.1) is 18.1 Å². The molecular weight excluding hydrogens is 510 g/mol. The van der Waals surface area contributed by atoms with Gasteiger partial charge in [0.25, 0.3) is 0 Å².